The number of hydrogen-bond acceptors (Lipinski definition) is 3. The first-order valence-corrected chi connectivity index (χ1v) is 8.94. The van der Waals surface area contributed by atoms with Gasteiger partial charge in [-0.2, -0.15) is 5.10 Å². The monoisotopic (exact) mass is 351 g/mol. The van der Waals surface area contributed by atoms with Crippen molar-refractivity contribution in [3.8, 4) is 0 Å². The normalized spacial score (nSPS) is 12.1. The molecule has 136 valence electrons. The van der Waals surface area contributed by atoms with Crippen LogP contribution in [0, 0.1) is 13.8 Å². The molecule has 0 saturated heterocycles. The van der Waals surface area contributed by atoms with Crippen molar-refractivity contribution < 1.29 is 4.79 Å². The standard InChI is InChI=1S/C20H25N5O/c1-16-8-13-25(23-16)14-10-20(26)22-19(18-6-4-3-5-7-18)9-12-24-15-11-21-17(24)2/h3-8,11,13,15,19H,9-10,12,14H2,1-2H3,(H,22,26)/t19-/m0/s1. The lowest BCUT2D eigenvalue weighted by atomic mass is 10.0. The summed E-state index contributed by atoms with van der Waals surface area (Å²) in [6.45, 7) is 5.33. The first-order valence-electron chi connectivity index (χ1n) is 8.94. The van der Waals surface area contributed by atoms with Gasteiger partial charge in [0.15, 0.2) is 0 Å². The van der Waals surface area contributed by atoms with Crippen LogP contribution in [0.25, 0.3) is 0 Å². The molecule has 0 radical (unpaired) electrons. The highest BCUT2D eigenvalue weighted by atomic mass is 16.1. The molecule has 0 aliphatic carbocycles. The summed E-state index contributed by atoms with van der Waals surface area (Å²) in [4.78, 5) is 16.7. The number of benzene rings is 1. The highest BCUT2D eigenvalue weighted by Gasteiger charge is 2.15. The second-order valence-electron chi connectivity index (χ2n) is 6.46. The summed E-state index contributed by atoms with van der Waals surface area (Å²) in [6.07, 6.45) is 6.90. The first-order chi connectivity index (χ1) is 12.6. The van der Waals surface area contributed by atoms with Gasteiger partial charge in [0.2, 0.25) is 5.91 Å². The third-order valence-corrected chi connectivity index (χ3v) is 4.46. The van der Waals surface area contributed by atoms with Crippen LogP contribution in [-0.2, 0) is 17.9 Å². The van der Waals surface area contributed by atoms with Crippen LogP contribution in [0.3, 0.4) is 0 Å². The summed E-state index contributed by atoms with van der Waals surface area (Å²) in [7, 11) is 0. The Labute approximate surface area is 153 Å². The number of imidazole rings is 1. The fourth-order valence-corrected chi connectivity index (χ4v) is 2.99. The topological polar surface area (TPSA) is 64.7 Å². The van der Waals surface area contributed by atoms with Gasteiger partial charge < -0.3 is 9.88 Å². The van der Waals surface area contributed by atoms with E-state index in [1.807, 2.05) is 50.5 Å². The Morgan fingerprint density at radius 3 is 2.58 bits per heavy atom. The number of nitrogens with one attached hydrogen (secondary N) is 1. The van der Waals surface area contributed by atoms with Crippen LogP contribution in [0.15, 0.2) is 55.0 Å². The number of rotatable bonds is 8. The van der Waals surface area contributed by atoms with Gasteiger partial charge in [0.25, 0.3) is 0 Å². The lowest BCUT2D eigenvalue weighted by molar-refractivity contribution is -0.122. The van der Waals surface area contributed by atoms with Gasteiger partial charge in [0.1, 0.15) is 5.82 Å². The molecule has 1 N–H and O–H groups in total. The van der Waals surface area contributed by atoms with E-state index in [1.54, 1.807) is 10.9 Å². The molecule has 0 spiro atoms. The third-order valence-electron chi connectivity index (χ3n) is 4.46. The molecule has 6 nitrogen and oxygen atoms in total. The molecule has 1 aromatic carbocycles. The first kappa shape index (κ1) is 17.9. The van der Waals surface area contributed by atoms with Crippen molar-refractivity contribution in [2.75, 3.05) is 0 Å². The van der Waals surface area contributed by atoms with Crippen LogP contribution in [0.4, 0.5) is 0 Å². The van der Waals surface area contributed by atoms with Crippen molar-refractivity contribution in [2.24, 2.45) is 0 Å². The highest BCUT2D eigenvalue weighted by Crippen LogP contribution is 2.18. The number of hydrogen-bond donors (Lipinski definition) is 1. The minimum atomic E-state index is -0.0233. The fraction of sp³-hybridized carbons (Fsp3) is 0.350. The molecule has 3 aromatic rings. The molecule has 0 unspecified atom stereocenters. The molecular weight excluding hydrogens is 326 g/mol. The summed E-state index contributed by atoms with van der Waals surface area (Å²) < 4.78 is 3.91. The maximum atomic E-state index is 12.5. The summed E-state index contributed by atoms with van der Waals surface area (Å²) in [6, 6.07) is 12.0. The Bertz CT molecular complexity index is 837. The number of nitrogens with zero attached hydrogens (tertiary/aromatic N) is 4. The lowest BCUT2D eigenvalue weighted by Crippen LogP contribution is -2.30. The molecule has 26 heavy (non-hydrogen) atoms. The van der Waals surface area contributed by atoms with Crippen LogP contribution in [0.2, 0.25) is 0 Å². The lowest BCUT2D eigenvalue weighted by Gasteiger charge is -2.20. The van der Waals surface area contributed by atoms with Gasteiger partial charge >= 0.3 is 0 Å². The molecule has 0 fully saturated rings. The number of amides is 1. The summed E-state index contributed by atoms with van der Waals surface area (Å²) in [5, 5.41) is 7.50. The van der Waals surface area contributed by atoms with Crippen LogP contribution in [0.5, 0.6) is 0 Å². The van der Waals surface area contributed by atoms with E-state index in [1.165, 1.54) is 0 Å². The van der Waals surface area contributed by atoms with Gasteiger partial charge in [-0.15, -0.1) is 0 Å². The number of carbonyl (C=O) groups is 1. The number of aryl methyl sites for hydroxylation is 4. The van der Waals surface area contributed by atoms with Crippen LogP contribution in [0.1, 0.15) is 36.0 Å². The zero-order chi connectivity index (χ0) is 18.4. The Kier molecular flexibility index (Phi) is 5.84. The maximum absolute atomic E-state index is 12.5. The van der Waals surface area contributed by atoms with Gasteiger partial charge in [0.05, 0.1) is 11.7 Å². The zero-order valence-corrected chi connectivity index (χ0v) is 15.3. The van der Waals surface area contributed by atoms with Crippen molar-refractivity contribution in [2.45, 2.75) is 45.8 Å². The van der Waals surface area contributed by atoms with Gasteiger partial charge in [-0.25, -0.2) is 4.98 Å². The number of aromatic nitrogens is 4. The smallest absolute Gasteiger partial charge is 0.222 e. The Balaban J connectivity index is 1.61. The third kappa shape index (κ3) is 4.81. The predicted molar refractivity (Wildman–Crippen MR) is 100 cm³/mol. The van der Waals surface area contributed by atoms with Crippen molar-refractivity contribution in [3.05, 3.63) is 72.1 Å². The van der Waals surface area contributed by atoms with Crippen molar-refractivity contribution >= 4 is 5.91 Å². The van der Waals surface area contributed by atoms with E-state index in [2.05, 4.69) is 32.1 Å². The molecule has 1 amide bonds. The van der Waals surface area contributed by atoms with E-state index in [0.29, 0.717) is 13.0 Å². The van der Waals surface area contributed by atoms with E-state index in [-0.39, 0.29) is 11.9 Å². The summed E-state index contributed by atoms with van der Waals surface area (Å²) in [5.74, 6) is 1.02. The molecule has 0 saturated carbocycles. The molecule has 3 rings (SSSR count). The van der Waals surface area contributed by atoms with E-state index >= 15 is 0 Å². The highest BCUT2D eigenvalue weighted by molar-refractivity contribution is 5.76. The van der Waals surface area contributed by atoms with Gasteiger partial charge in [-0.05, 0) is 31.9 Å². The largest absolute Gasteiger partial charge is 0.349 e. The van der Waals surface area contributed by atoms with Gasteiger partial charge in [-0.1, -0.05) is 30.3 Å². The average Bonchev–Trinajstić information content (AvgIpc) is 3.25. The Morgan fingerprint density at radius 1 is 1.12 bits per heavy atom. The molecule has 2 aromatic heterocycles. The van der Waals surface area contributed by atoms with Gasteiger partial charge in [-0.3, -0.25) is 9.48 Å². The average molecular weight is 351 g/mol. The molecule has 0 bridgehead atoms. The van der Waals surface area contributed by atoms with E-state index < -0.39 is 0 Å². The quantitative estimate of drug-likeness (QED) is 0.678. The van der Waals surface area contributed by atoms with Crippen molar-refractivity contribution in [1.82, 2.24) is 24.6 Å². The summed E-state index contributed by atoms with van der Waals surface area (Å²) >= 11 is 0. The van der Waals surface area contributed by atoms with Gasteiger partial charge in [0, 0.05) is 38.1 Å². The predicted octanol–water partition coefficient (Wildman–Crippen LogP) is 3.03. The number of carbonyl (C=O) groups excluding carboxylic acids is 1. The Morgan fingerprint density at radius 2 is 1.92 bits per heavy atom. The molecule has 6 heteroatoms. The second kappa shape index (κ2) is 8.47. The second-order valence-corrected chi connectivity index (χ2v) is 6.46. The van der Waals surface area contributed by atoms with Crippen molar-refractivity contribution in [1.29, 1.82) is 0 Å². The van der Waals surface area contributed by atoms with E-state index in [0.717, 1.165) is 30.0 Å². The summed E-state index contributed by atoms with van der Waals surface area (Å²) in [5.41, 5.74) is 2.08. The Hall–Kier alpha value is -2.89. The molecule has 0 aliphatic heterocycles. The van der Waals surface area contributed by atoms with Crippen LogP contribution >= 0.6 is 0 Å². The maximum Gasteiger partial charge on any atom is 0.222 e. The molecular formula is C20H25N5O. The zero-order valence-electron chi connectivity index (χ0n) is 15.3. The molecule has 0 aliphatic rings. The van der Waals surface area contributed by atoms with Crippen molar-refractivity contribution in [3.63, 3.8) is 0 Å². The van der Waals surface area contributed by atoms with E-state index in [4.69, 9.17) is 0 Å². The minimum Gasteiger partial charge on any atom is -0.349 e. The fourth-order valence-electron chi connectivity index (χ4n) is 2.99. The van der Waals surface area contributed by atoms with E-state index in [9.17, 15) is 4.79 Å². The minimum absolute atomic E-state index is 0.0233. The molecule has 1 atom stereocenters. The van der Waals surface area contributed by atoms with Crippen LogP contribution < -0.4 is 5.32 Å². The SMILES string of the molecule is Cc1ccn(CCC(=O)N[C@@H](CCn2ccnc2C)c2ccccc2)n1. The molecule has 2 heterocycles. The van der Waals surface area contributed by atoms with Crippen LogP contribution in [-0.4, -0.2) is 25.2 Å².